The molecule has 0 aliphatic rings. The molecule has 0 spiro atoms. The fourth-order valence-corrected chi connectivity index (χ4v) is 2.35. The molecule has 0 fully saturated rings. The summed E-state index contributed by atoms with van der Waals surface area (Å²) in [5, 5.41) is 18.1. The summed E-state index contributed by atoms with van der Waals surface area (Å²) in [5.41, 5.74) is 0.868. The van der Waals surface area contributed by atoms with E-state index in [4.69, 9.17) is 0 Å². The number of nitrogens with zero attached hydrogens (tertiary/aromatic N) is 3. The monoisotopic (exact) mass is 267 g/mol. The van der Waals surface area contributed by atoms with E-state index in [1.807, 2.05) is 4.68 Å². The van der Waals surface area contributed by atoms with Crippen LogP contribution in [0.2, 0.25) is 0 Å². The van der Waals surface area contributed by atoms with Gasteiger partial charge in [0.05, 0.1) is 18.0 Å². The lowest BCUT2D eigenvalue weighted by Gasteiger charge is -2.11. The van der Waals surface area contributed by atoms with Crippen molar-refractivity contribution in [1.82, 2.24) is 15.0 Å². The van der Waals surface area contributed by atoms with Gasteiger partial charge in [-0.2, -0.15) is 0 Å². The zero-order chi connectivity index (χ0) is 13.9. The van der Waals surface area contributed by atoms with Gasteiger partial charge in [0.15, 0.2) is 0 Å². The predicted molar refractivity (Wildman–Crippen MR) is 77.9 cm³/mol. The van der Waals surface area contributed by atoms with Gasteiger partial charge in [0.25, 0.3) is 0 Å². The molecule has 1 rings (SSSR count). The molecule has 1 atom stereocenters. The second kappa shape index (κ2) is 9.96. The van der Waals surface area contributed by atoms with Gasteiger partial charge in [-0.05, 0) is 12.8 Å². The summed E-state index contributed by atoms with van der Waals surface area (Å²) in [6, 6.07) is 0. The van der Waals surface area contributed by atoms with E-state index >= 15 is 0 Å². The molecule has 0 saturated carbocycles. The van der Waals surface area contributed by atoms with Crippen LogP contribution in [0, 0.1) is 0 Å². The zero-order valence-electron chi connectivity index (χ0n) is 12.5. The third kappa shape index (κ3) is 6.19. The number of hydrogen-bond acceptors (Lipinski definition) is 3. The number of aliphatic hydroxyl groups is 1. The average molecular weight is 267 g/mol. The van der Waals surface area contributed by atoms with Crippen molar-refractivity contribution in [1.29, 1.82) is 0 Å². The molecule has 0 saturated heterocycles. The van der Waals surface area contributed by atoms with Crippen LogP contribution < -0.4 is 0 Å². The van der Waals surface area contributed by atoms with Gasteiger partial charge in [-0.15, -0.1) is 5.10 Å². The molecule has 1 heterocycles. The first-order chi connectivity index (χ1) is 9.29. The Morgan fingerprint density at radius 3 is 2.42 bits per heavy atom. The standard InChI is InChI=1S/C15H29N3O/c1-3-5-6-7-8-9-10-11-15(19)14-13-16-17-18(14)12-4-2/h13,15,19H,3-12H2,1-2H3. The molecule has 0 aromatic carbocycles. The third-order valence-electron chi connectivity index (χ3n) is 3.51. The molecule has 0 radical (unpaired) electrons. The predicted octanol–water partition coefficient (Wildman–Crippen LogP) is 3.86. The van der Waals surface area contributed by atoms with E-state index in [1.54, 1.807) is 6.20 Å². The van der Waals surface area contributed by atoms with Gasteiger partial charge >= 0.3 is 0 Å². The molecule has 0 aliphatic heterocycles. The molecular formula is C15H29N3O. The topological polar surface area (TPSA) is 50.9 Å². The van der Waals surface area contributed by atoms with Crippen LogP contribution in [0.1, 0.15) is 83.4 Å². The molecule has 1 unspecified atom stereocenters. The Labute approximate surface area is 117 Å². The minimum Gasteiger partial charge on any atom is -0.387 e. The van der Waals surface area contributed by atoms with Gasteiger partial charge in [0, 0.05) is 6.54 Å². The van der Waals surface area contributed by atoms with E-state index < -0.39 is 6.10 Å². The van der Waals surface area contributed by atoms with Gasteiger partial charge in [-0.1, -0.05) is 64.0 Å². The fraction of sp³-hybridized carbons (Fsp3) is 0.867. The lowest BCUT2D eigenvalue weighted by Crippen LogP contribution is -2.09. The Hall–Kier alpha value is -0.900. The maximum Gasteiger partial charge on any atom is 0.0973 e. The maximum absolute atomic E-state index is 10.2. The molecule has 110 valence electrons. The Morgan fingerprint density at radius 2 is 1.74 bits per heavy atom. The van der Waals surface area contributed by atoms with E-state index in [0.29, 0.717) is 0 Å². The van der Waals surface area contributed by atoms with Crippen LogP contribution in [-0.2, 0) is 6.54 Å². The highest BCUT2D eigenvalue weighted by molar-refractivity contribution is 4.98. The Kier molecular flexibility index (Phi) is 8.47. The van der Waals surface area contributed by atoms with E-state index in [1.165, 1.54) is 38.5 Å². The van der Waals surface area contributed by atoms with Crippen LogP contribution in [-0.4, -0.2) is 20.1 Å². The van der Waals surface area contributed by atoms with Crippen molar-refractivity contribution in [3.05, 3.63) is 11.9 Å². The average Bonchev–Trinajstić information content (AvgIpc) is 2.86. The van der Waals surface area contributed by atoms with Gasteiger partial charge < -0.3 is 5.11 Å². The largest absolute Gasteiger partial charge is 0.387 e. The quantitative estimate of drug-likeness (QED) is 0.619. The van der Waals surface area contributed by atoms with Crippen molar-refractivity contribution in [3.8, 4) is 0 Å². The SMILES string of the molecule is CCCCCCCCCC(O)c1cnnn1CCC. The first-order valence-electron chi connectivity index (χ1n) is 7.86. The maximum atomic E-state index is 10.2. The van der Waals surface area contributed by atoms with Crippen LogP contribution in [0.25, 0.3) is 0 Å². The van der Waals surface area contributed by atoms with Crippen LogP contribution in [0.3, 0.4) is 0 Å². The van der Waals surface area contributed by atoms with Gasteiger partial charge in [0.1, 0.15) is 0 Å². The molecule has 1 aromatic rings. The molecule has 1 N–H and O–H groups in total. The lowest BCUT2D eigenvalue weighted by molar-refractivity contribution is 0.152. The third-order valence-corrected chi connectivity index (χ3v) is 3.51. The number of aromatic nitrogens is 3. The van der Waals surface area contributed by atoms with Crippen molar-refractivity contribution in [3.63, 3.8) is 0 Å². The van der Waals surface area contributed by atoms with Crippen LogP contribution >= 0.6 is 0 Å². The molecule has 0 bridgehead atoms. The number of rotatable bonds is 11. The minimum absolute atomic E-state index is 0.405. The van der Waals surface area contributed by atoms with Gasteiger partial charge in [0.2, 0.25) is 0 Å². The second-order valence-corrected chi connectivity index (χ2v) is 5.31. The van der Waals surface area contributed by atoms with Crippen LogP contribution in [0.15, 0.2) is 6.20 Å². The highest BCUT2D eigenvalue weighted by Gasteiger charge is 2.13. The minimum atomic E-state index is -0.405. The van der Waals surface area contributed by atoms with Crippen LogP contribution in [0.4, 0.5) is 0 Å². The van der Waals surface area contributed by atoms with Crippen molar-refractivity contribution in [2.24, 2.45) is 0 Å². The van der Waals surface area contributed by atoms with Crippen LogP contribution in [0.5, 0.6) is 0 Å². The first-order valence-corrected chi connectivity index (χ1v) is 7.86. The van der Waals surface area contributed by atoms with E-state index in [0.717, 1.165) is 31.5 Å². The van der Waals surface area contributed by atoms with E-state index in [-0.39, 0.29) is 0 Å². The summed E-state index contributed by atoms with van der Waals surface area (Å²) >= 11 is 0. The number of aryl methyl sites for hydroxylation is 1. The molecule has 0 amide bonds. The smallest absolute Gasteiger partial charge is 0.0973 e. The Morgan fingerprint density at radius 1 is 1.05 bits per heavy atom. The second-order valence-electron chi connectivity index (χ2n) is 5.31. The number of unbranched alkanes of at least 4 members (excludes halogenated alkanes) is 6. The summed E-state index contributed by atoms with van der Waals surface area (Å²) in [7, 11) is 0. The zero-order valence-corrected chi connectivity index (χ0v) is 12.5. The Balaban J connectivity index is 2.16. The summed E-state index contributed by atoms with van der Waals surface area (Å²) < 4.78 is 1.83. The normalized spacial score (nSPS) is 12.8. The molecule has 4 heteroatoms. The van der Waals surface area contributed by atoms with Crippen molar-refractivity contribution < 1.29 is 5.11 Å². The highest BCUT2D eigenvalue weighted by Crippen LogP contribution is 2.19. The summed E-state index contributed by atoms with van der Waals surface area (Å²) in [6.07, 6.45) is 12.1. The summed E-state index contributed by atoms with van der Waals surface area (Å²) in [6.45, 7) is 5.18. The summed E-state index contributed by atoms with van der Waals surface area (Å²) in [5.74, 6) is 0. The molecular weight excluding hydrogens is 238 g/mol. The summed E-state index contributed by atoms with van der Waals surface area (Å²) in [4.78, 5) is 0. The van der Waals surface area contributed by atoms with Crippen molar-refractivity contribution in [2.75, 3.05) is 0 Å². The van der Waals surface area contributed by atoms with Gasteiger partial charge in [-0.25, -0.2) is 4.68 Å². The van der Waals surface area contributed by atoms with E-state index in [2.05, 4.69) is 24.2 Å². The molecule has 0 aliphatic carbocycles. The molecule has 4 nitrogen and oxygen atoms in total. The molecule has 1 aromatic heterocycles. The first kappa shape index (κ1) is 16.2. The Bertz CT molecular complexity index is 325. The number of hydrogen-bond donors (Lipinski definition) is 1. The highest BCUT2D eigenvalue weighted by atomic mass is 16.3. The van der Waals surface area contributed by atoms with E-state index in [9.17, 15) is 5.11 Å². The van der Waals surface area contributed by atoms with Crippen molar-refractivity contribution in [2.45, 2.75) is 84.3 Å². The fourth-order valence-electron chi connectivity index (χ4n) is 2.35. The molecule has 19 heavy (non-hydrogen) atoms. The number of aliphatic hydroxyl groups excluding tert-OH is 1. The lowest BCUT2D eigenvalue weighted by atomic mass is 10.1. The van der Waals surface area contributed by atoms with Gasteiger partial charge in [-0.3, -0.25) is 0 Å². The van der Waals surface area contributed by atoms with Crippen molar-refractivity contribution >= 4 is 0 Å².